The summed E-state index contributed by atoms with van der Waals surface area (Å²) in [7, 11) is 0. The monoisotopic (exact) mass is 252 g/mol. The molecule has 0 saturated carbocycles. The minimum atomic E-state index is 0.299. The maximum absolute atomic E-state index is 6.03. The standard InChI is InChI=1S/C17H20N2/c1-13-6-8-15(9-7-13)19-11-10-14-4-2-3-5-16(14)17(19)12-18/h2-9,17H,10-12,18H2,1H3. The second kappa shape index (κ2) is 5.06. The van der Waals surface area contributed by atoms with E-state index >= 15 is 0 Å². The summed E-state index contributed by atoms with van der Waals surface area (Å²) in [6.07, 6.45) is 1.10. The van der Waals surface area contributed by atoms with Crippen LogP contribution in [0.2, 0.25) is 0 Å². The van der Waals surface area contributed by atoms with Crippen molar-refractivity contribution in [2.45, 2.75) is 19.4 Å². The smallest absolute Gasteiger partial charge is 0.0667 e. The van der Waals surface area contributed by atoms with E-state index in [1.165, 1.54) is 22.4 Å². The van der Waals surface area contributed by atoms with Crippen molar-refractivity contribution in [1.82, 2.24) is 0 Å². The highest BCUT2D eigenvalue weighted by Gasteiger charge is 2.25. The minimum Gasteiger partial charge on any atom is -0.363 e. The molecule has 0 amide bonds. The van der Waals surface area contributed by atoms with Crippen LogP contribution in [0.1, 0.15) is 22.7 Å². The average molecular weight is 252 g/mol. The third kappa shape index (κ3) is 2.24. The van der Waals surface area contributed by atoms with E-state index in [0.29, 0.717) is 12.6 Å². The van der Waals surface area contributed by atoms with Crippen LogP contribution in [0.15, 0.2) is 48.5 Å². The first-order valence-corrected chi connectivity index (χ1v) is 6.91. The maximum atomic E-state index is 6.03. The number of fused-ring (bicyclic) bond motifs is 1. The summed E-state index contributed by atoms with van der Waals surface area (Å²) in [6.45, 7) is 3.82. The van der Waals surface area contributed by atoms with Crippen molar-refractivity contribution in [3.05, 3.63) is 65.2 Å². The topological polar surface area (TPSA) is 29.3 Å². The van der Waals surface area contributed by atoms with Gasteiger partial charge in [-0.1, -0.05) is 42.0 Å². The number of hydrogen-bond acceptors (Lipinski definition) is 2. The van der Waals surface area contributed by atoms with Gasteiger partial charge in [0, 0.05) is 18.8 Å². The molecule has 0 saturated heterocycles. The van der Waals surface area contributed by atoms with Crippen molar-refractivity contribution in [2.75, 3.05) is 18.0 Å². The predicted octanol–water partition coefficient (Wildman–Crippen LogP) is 3.06. The van der Waals surface area contributed by atoms with Gasteiger partial charge in [0.25, 0.3) is 0 Å². The van der Waals surface area contributed by atoms with Gasteiger partial charge >= 0.3 is 0 Å². The second-order valence-electron chi connectivity index (χ2n) is 5.23. The van der Waals surface area contributed by atoms with E-state index in [1.54, 1.807) is 0 Å². The molecule has 0 bridgehead atoms. The van der Waals surface area contributed by atoms with Crippen molar-refractivity contribution >= 4 is 5.69 Å². The maximum Gasteiger partial charge on any atom is 0.0667 e. The number of benzene rings is 2. The Labute approximate surface area is 114 Å². The molecule has 1 atom stereocenters. The minimum absolute atomic E-state index is 0.299. The van der Waals surface area contributed by atoms with Gasteiger partial charge in [-0.2, -0.15) is 0 Å². The fourth-order valence-corrected chi connectivity index (χ4v) is 2.95. The van der Waals surface area contributed by atoms with Crippen molar-refractivity contribution in [2.24, 2.45) is 5.73 Å². The normalized spacial score (nSPS) is 18.2. The summed E-state index contributed by atoms with van der Waals surface area (Å²) in [5.74, 6) is 0. The zero-order valence-corrected chi connectivity index (χ0v) is 11.3. The van der Waals surface area contributed by atoms with Crippen LogP contribution < -0.4 is 10.6 Å². The predicted molar refractivity (Wildman–Crippen MR) is 80.5 cm³/mol. The van der Waals surface area contributed by atoms with Crippen LogP contribution in [0.3, 0.4) is 0 Å². The van der Waals surface area contributed by atoms with Crippen molar-refractivity contribution < 1.29 is 0 Å². The highest BCUT2D eigenvalue weighted by Crippen LogP contribution is 2.32. The first-order chi connectivity index (χ1) is 9.29. The van der Waals surface area contributed by atoms with Crippen LogP contribution in [0.5, 0.6) is 0 Å². The molecule has 2 aromatic rings. The average Bonchev–Trinajstić information content (AvgIpc) is 2.47. The Hall–Kier alpha value is -1.80. The van der Waals surface area contributed by atoms with Gasteiger partial charge in [-0.3, -0.25) is 0 Å². The number of nitrogens with two attached hydrogens (primary N) is 1. The quantitative estimate of drug-likeness (QED) is 0.890. The molecule has 1 aliphatic rings. The van der Waals surface area contributed by atoms with Gasteiger partial charge < -0.3 is 10.6 Å². The van der Waals surface area contributed by atoms with Gasteiger partial charge in [0.1, 0.15) is 0 Å². The number of aryl methyl sites for hydroxylation is 1. The Morgan fingerprint density at radius 3 is 2.58 bits per heavy atom. The number of hydrogen-bond donors (Lipinski definition) is 1. The molecule has 98 valence electrons. The van der Waals surface area contributed by atoms with Crippen molar-refractivity contribution in [3.8, 4) is 0 Å². The third-order valence-electron chi connectivity index (χ3n) is 4.00. The molecule has 0 radical (unpaired) electrons. The zero-order valence-electron chi connectivity index (χ0n) is 11.3. The summed E-state index contributed by atoms with van der Waals surface area (Å²) in [5, 5.41) is 0. The fourth-order valence-electron chi connectivity index (χ4n) is 2.95. The molecular formula is C17H20N2. The summed E-state index contributed by atoms with van der Waals surface area (Å²) < 4.78 is 0. The van der Waals surface area contributed by atoms with E-state index in [2.05, 4.69) is 60.4 Å². The lowest BCUT2D eigenvalue weighted by Gasteiger charge is -2.38. The number of anilines is 1. The molecular weight excluding hydrogens is 232 g/mol. The Balaban J connectivity index is 1.98. The van der Waals surface area contributed by atoms with Crippen molar-refractivity contribution in [1.29, 1.82) is 0 Å². The molecule has 2 heteroatoms. The Bertz CT molecular complexity index is 560. The fraction of sp³-hybridized carbons (Fsp3) is 0.294. The number of rotatable bonds is 2. The van der Waals surface area contributed by atoms with Crippen LogP contribution in [0, 0.1) is 6.92 Å². The summed E-state index contributed by atoms with van der Waals surface area (Å²) >= 11 is 0. The second-order valence-corrected chi connectivity index (χ2v) is 5.23. The molecule has 2 nitrogen and oxygen atoms in total. The van der Waals surface area contributed by atoms with Gasteiger partial charge in [-0.25, -0.2) is 0 Å². The lowest BCUT2D eigenvalue weighted by molar-refractivity contribution is 0.590. The summed E-state index contributed by atoms with van der Waals surface area (Å²) in [5.41, 5.74) is 11.4. The Morgan fingerprint density at radius 2 is 1.84 bits per heavy atom. The molecule has 3 rings (SSSR count). The van der Waals surface area contributed by atoms with Crippen LogP contribution in [0.25, 0.3) is 0 Å². The Morgan fingerprint density at radius 1 is 1.11 bits per heavy atom. The highest BCUT2D eigenvalue weighted by atomic mass is 15.2. The molecule has 0 aromatic heterocycles. The van der Waals surface area contributed by atoms with Gasteiger partial charge in [0.2, 0.25) is 0 Å². The highest BCUT2D eigenvalue weighted by molar-refractivity contribution is 5.53. The molecule has 1 unspecified atom stereocenters. The third-order valence-corrected chi connectivity index (χ3v) is 4.00. The molecule has 1 heterocycles. The van der Waals surface area contributed by atoms with Crippen LogP contribution in [0.4, 0.5) is 5.69 Å². The van der Waals surface area contributed by atoms with Gasteiger partial charge in [0.15, 0.2) is 0 Å². The van der Waals surface area contributed by atoms with E-state index in [4.69, 9.17) is 5.73 Å². The van der Waals surface area contributed by atoms with Gasteiger partial charge in [-0.05, 0) is 36.6 Å². The number of nitrogens with zero attached hydrogens (tertiary/aromatic N) is 1. The van der Waals surface area contributed by atoms with E-state index < -0.39 is 0 Å². The van der Waals surface area contributed by atoms with Crippen LogP contribution in [-0.2, 0) is 6.42 Å². The molecule has 2 N–H and O–H groups in total. The van der Waals surface area contributed by atoms with Gasteiger partial charge in [0.05, 0.1) is 6.04 Å². The van der Waals surface area contributed by atoms with Crippen LogP contribution >= 0.6 is 0 Å². The Kier molecular flexibility index (Phi) is 3.26. The summed E-state index contributed by atoms with van der Waals surface area (Å²) in [6, 6.07) is 17.7. The van der Waals surface area contributed by atoms with E-state index in [9.17, 15) is 0 Å². The molecule has 0 aliphatic carbocycles. The van der Waals surface area contributed by atoms with Gasteiger partial charge in [-0.15, -0.1) is 0 Å². The first kappa shape index (κ1) is 12.2. The SMILES string of the molecule is Cc1ccc(N2CCc3ccccc3C2CN)cc1. The summed E-state index contributed by atoms with van der Waals surface area (Å²) in [4.78, 5) is 2.43. The largest absolute Gasteiger partial charge is 0.363 e. The van der Waals surface area contributed by atoms with E-state index in [-0.39, 0.29) is 0 Å². The first-order valence-electron chi connectivity index (χ1n) is 6.91. The van der Waals surface area contributed by atoms with E-state index in [0.717, 1.165) is 13.0 Å². The lowest BCUT2D eigenvalue weighted by Crippen LogP contribution is -2.39. The molecule has 0 spiro atoms. The molecule has 1 aliphatic heterocycles. The van der Waals surface area contributed by atoms with Crippen LogP contribution in [-0.4, -0.2) is 13.1 Å². The van der Waals surface area contributed by atoms with Crippen molar-refractivity contribution in [3.63, 3.8) is 0 Å². The molecule has 19 heavy (non-hydrogen) atoms. The van der Waals surface area contributed by atoms with E-state index in [1.807, 2.05) is 0 Å². The molecule has 0 fully saturated rings. The zero-order chi connectivity index (χ0) is 13.2. The lowest BCUT2D eigenvalue weighted by atomic mass is 9.92. The molecule has 2 aromatic carbocycles.